The summed E-state index contributed by atoms with van der Waals surface area (Å²) in [4.78, 5) is 0. The fraction of sp³-hybridized carbons (Fsp3) is 0.600. The van der Waals surface area contributed by atoms with Crippen LogP contribution in [0.1, 0.15) is 31.7 Å². The van der Waals surface area contributed by atoms with Gasteiger partial charge in [-0.15, -0.1) is 0 Å². The number of hydrogen-bond donors (Lipinski definition) is 1. The Balaban J connectivity index is 2.07. The first-order valence-corrected chi connectivity index (χ1v) is 8.84. The number of rotatable bonds is 6. The molecule has 19 heavy (non-hydrogen) atoms. The lowest BCUT2D eigenvalue weighted by Gasteiger charge is -2.25. The highest BCUT2D eigenvalue weighted by atomic mass is 79.9. The molecule has 0 saturated carbocycles. The van der Waals surface area contributed by atoms with Gasteiger partial charge in [0.05, 0.1) is 4.47 Å². The standard InChI is InChI=1S/C15H21BrFNS/c1-2-8-18-13(14-7-4-9-19-14)10-11-5-3-6-12(17)15(11)16/h3,5-6,13-14,18H,2,4,7-10H2,1H3. The molecule has 1 aromatic rings. The number of halogens is 2. The molecule has 4 heteroatoms. The molecule has 1 saturated heterocycles. The highest BCUT2D eigenvalue weighted by Crippen LogP contribution is 2.31. The van der Waals surface area contributed by atoms with Gasteiger partial charge in [-0.1, -0.05) is 19.1 Å². The quantitative estimate of drug-likeness (QED) is 0.820. The molecule has 1 nitrogen and oxygen atoms in total. The molecule has 1 N–H and O–H groups in total. The van der Waals surface area contributed by atoms with E-state index in [1.165, 1.54) is 24.7 Å². The molecule has 1 aliphatic rings. The molecule has 0 spiro atoms. The van der Waals surface area contributed by atoms with Crippen molar-refractivity contribution in [3.8, 4) is 0 Å². The van der Waals surface area contributed by atoms with Crippen LogP contribution in [0.4, 0.5) is 4.39 Å². The van der Waals surface area contributed by atoms with Crippen LogP contribution in [0.3, 0.4) is 0 Å². The summed E-state index contributed by atoms with van der Waals surface area (Å²) >= 11 is 5.43. The van der Waals surface area contributed by atoms with Crippen LogP contribution in [0.2, 0.25) is 0 Å². The van der Waals surface area contributed by atoms with E-state index in [1.807, 2.05) is 6.07 Å². The van der Waals surface area contributed by atoms with Gasteiger partial charge in [-0.2, -0.15) is 11.8 Å². The highest BCUT2D eigenvalue weighted by molar-refractivity contribution is 9.10. The molecule has 2 rings (SSSR count). The molecule has 1 aromatic carbocycles. The second-order valence-electron chi connectivity index (χ2n) is 5.03. The average Bonchev–Trinajstić information content (AvgIpc) is 2.93. The number of thioether (sulfide) groups is 1. The van der Waals surface area contributed by atoms with Crippen molar-refractivity contribution < 1.29 is 4.39 Å². The van der Waals surface area contributed by atoms with E-state index in [2.05, 4.69) is 39.9 Å². The van der Waals surface area contributed by atoms with Gasteiger partial charge in [0.2, 0.25) is 0 Å². The fourth-order valence-electron chi connectivity index (χ4n) is 2.53. The van der Waals surface area contributed by atoms with Crippen molar-refractivity contribution in [2.45, 2.75) is 43.9 Å². The van der Waals surface area contributed by atoms with Crippen molar-refractivity contribution in [3.05, 3.63) is 34.1 Å². The Hall–Kier alpha value is -0.0600. The Morgan fingerprint density at radius 1 is 1.53 bits per heavy atom. The summed E-state index contributed by atoms with van der Waals surface area (Å²) in [7, 11) is 0. The van der Waals surface area contributed by atoms with Crippen LogP contribution in [-0.2, 0) is 6.42 Å². The van der Waals surface area contributed by atoms with Crippen LogP contribution in [0.25, 0.3) is 0 Å². The summed E-state index contributed by atoms with van der Waals surface area (Å²) in [6.45, 7) is 3.22. The van der Waals surface area contributed by atoms with Gasteiger partial charge < -0.3 is 5.32 Å². The van der Waals surface area contributed by atoms with Crippen LogP contribution < -0.4 is 5.32 Å². The Bertz CT molecular complexity index is 407. The lowest BCUT2D eigenvalue weighted by atomic mass is 10.0. The van der Waals surface area contributed by atoms with Crippen LogP contribution in [0.5, 0.6) is 0 Å². The van der Waals surface area contributed by atoms with E-state index in [4.69, 9.17) is 0 Å². The summed E-state index contributed by atoms with van der Waals surface area (Å²) in [6.07, 6.45) is 4.62. The summed E-state index contributed by atoms with van der Waals surface area (Å²) in [6, 6.07) is 5.78. The zero-order valence-electron chi connectivity index (χ0n) is 11.3. The first-order valence-electron chi connectivity index (χ1n) is 7.00. The second-order valence-corrected chi connectivity index (χ2v) is 7.17. The van der Waals surface area contributed by atoms with Crippen LogP contribution >= 0.6 is 27.7 Å². The van der Waals surface area contributed by atoms with Crippen LogP contribution in [0, 0.1) is 5.82 Å². The highest BCUT2D eigenvalue weighted by Gasteiger charge is 2.26. The second kappa shape index (κ2) is 7.65. The van der Waals surface area contributed by atoms with E-state index in [0.29, 0.717) is 15.8 Å². The molecule has 2 unspecified atom stereocenters. The van der Waals surface area contributed by atoms with Gasteiger partial charge >= 0.3 is 0 Å². The van der Waals surface area contributed by atoms with E-state index >= 15 is 0 Å². The van der Waals surface area contributed by atoms with Crippen molar-refractivity contribution in [3.63, 3.8) is 0 Å². The molecule has 2 atom stereocenters. The molecule has 1 fully saturated rings. The van der Waals surface area contributed by atoms with Gasteiger partial charge in [0.1, 0.15) is 5.82 Å². The first kappa shape index (κ1) is 15.3. The molecule has 1 aliphatic heterocycles. The third kappa shape index (κ3) is 4.20. The summed E-state index contributed by atoms with van der Waals surface area (Å²) in [5.41, 5.74) is 1.07. The fourth-order valence-corrected chi connectivity index (χ4v) is 4.35. The lowest BCUT2D eigenvalue weighted by Crippen LogP contribution is -2.39. The third-order valence-electron chi connectivity index (χ3n) is 3.54. The van der Waals surface area contributed by atoms with Crippen molar-refractivity contribution in [1.82, 2.24) is 5.32 Å². The minimum atomic E-state index is -0.161. The van der Waals surface area contributed by atoms with Crippen LogP contribution in [0.15, 0.2) is 22.7 Å². The third-order valence-corrected chi connectivity index (χ3v) is 5.95. The number of benzene rings is 1. The Kier molecular flexibility index (Phi) is 6.17. The predicted molar refractivity (Wildman–Crippen MR) is 85.4 cm³/mol. The van der Waals surface area contributed by atoms with Gasteiger partial charge in [-0.3, -0.25) is 0 Å². The minimum Gasteiger partial charge on any atom is -0.313 e. The van der Waals surface area contributed by atoms with E-state index in [1.54, 1.807) is 6.07 Å². The Morgan fingerprint density at radius 3 is 3.05 bits per heavy atom. The minimum absolute atomic E-state index is 0.161. The van der Waals surface area contributed by atoms with E-state index in [-0.39, 0.29) is 5.82 Å². The molecule has 106 valence electrons. The zero-order valence-corrected chi connectivity index (χ0v) is 13.7. The van der Waals surface area contributed by atoms with Gasteiger partial charge in [0.25, 0.3) is 0 Å². The zero-order chi connectivity index (χ0) is 13.7. The van der Waals surface area contributed by atoms with Gasteiger partial charge in [0, 0.05) is 11.3 Å². The van der Waals surface area contributed by atoms with Gasteiger partial charge in [0.15, 0.2) is 0 Å². The predicted octanol–water partition coefficient (Wildman–Crippen LogP) is 4.39. The number of hydrogen-bond acceptors (Lipinski definition) is 2. The normalized spacial score (nSPS) is 20.7. The topological polar surface area (TPSA) is 12.0 Å². The molecule has 0 aliphatic carbocycles. The first-order chi connectivity index (χ1) is 9.22. The molecule has 0 aromatic heterocycles. The summed E-state index contributed by atoms with van der Waals surface area (Å²) in [5, 5.41) is 4.31. The molecule has 1 heterocycles. The SMILES string of the molecule is CCCNC(Cc1cccc(F)c1Br)C1CCCS1. The largest absolute Gasteiger partial charge is 0.313 e. The maximum atomic E-state index is 13.6. The van der Waals surface area contributed by atoms with E-state index in [9.17, 15) is 4.39 Å². The number of nitrogens with one attached hydrogen (secondary N) is 1. The molecule has 0 amide bonds. The molecular weight excluding hydrogens is 325 g/mol. The maximum Gasteiger partial charge on any atom is 0.137 e. The van der Waals surface area contributed by atoms with Gasteiger partial charge in [-0.05, 0) is 65.5 Å². The van der Waals surface area contributed by atoms with E-state index < -0.39 is 0 Å². The Labute approximate surface area is 127 Å². The maximum absolute atomic E-state index is 13.6. The van der Waals surface area contributed by atoms with Gasteiger partial charge in [-0.25, -0.2) is 4.39 Å². The molecule has 0 bridgehead atoms. The van der Waals surface area contributed by atoms with Crippen molar-refractivity contribution >= 4 is 27.7 Å². The van der Waals surface area contributed by atoms with Crippen molar-refractivity contribution in [2.75, 3.05) is 12.3 Å². The monoisotopic (exact) mass is 345 g/mol. The summed E-state index contributed by atoms with van der Waals surface area (Å²) in [5.74, 6) is 1.10. The van der Waals surface area contributed by atoms with Crippen molar-refractivity contribution in [1.29, 1.82) is 0 Å². The smallest absolute Gasteiger partial charge is 0.137 e. The lowest BCUT2D eigenvalue weighted by molar-refractivity contribution is 0.480. The Morgan fingerprint density at radius 2 is 2.37 bits per heavy atom. The van der Waals surface area contributed by atoms with Crippen molar-refractivity contribution in [2.24, 2.45) is 0 Å². The van der Waals surface area contributed by atoms with E-state index in [0.717, 1.165) is 24.9 Å². The summed E-state index contributed by atoms with van der Waals surface area (Å²) < 4.78 is 14.2. The van der Waals surface area contributed by atoms with Crippen LogP contribution in [-0.4, -0.2) is 23.6 Å². The molecule has 0 radical (unpaired) electrons. The molecular formula is C15H21BrFNS. The average molecular weight is 346 g/mol.